The van der Waals surface area contributed by atoms with Gasteiger partial charge in [0.15, 0.2) is 0 Å². The molecular weight excluding hydrogens is 305 g/mol. The third-order valence-electron chi connectivity index (χ3n) is 4.48. The van der Waals surface area contributed by atoms with Crippen molar-refractivity contribution < 1.29 is 4.79 Å². The normalized spacial score (nSPS) is 21.9. The first-order valence-electron chi connectivity index (χ1n) is 7.39. The molecule has 1 saturated carbocycles. The van der Waals surface area contributed by atoms with Crippen LogP contribution in [0.4, 0.5) is 0 Å². The average Bonchev–Trinajstić information content (AvgIpc) is 2.96. The van der Waals surface area contributed by atoms with Crippen LogP contribution >= 0.6 is 23.2 Å². The van der Waals surface area contributed by atoms with Crippen LogP contribution in [0.15, 0.2) is 24.3 Å². The fraction of sp³-hybridized carbons (Fsp3) is 0.588. The predicted octanol–water partition coefficient (Wildman–Crippen LogP) is 4.43. The SMILES string of the molecule is CC(CC1CC1(Cl)Cl)c1ccccc1CC(C)(C)C(N)=O. The summed E-state index contributed by atoms with van der Waals surface area (Å²) in [6, 6.07) is 8.25. The van der Waals surface area contributed by atoms with Gasteiger partial charge >= 0.3 is 0 Å². The van der Waals surface area contributed by atoms with Crippen molar-refractivity contribution in [3.05, 3.63) is 35.4 Å². The van der Waals surface area contributed by atoms with Crippen LogP contribution in [-0.4, -0.2) is 10.2 Å². The predicted molar refractivity (Wildman–Crippen MR) is 88.7 cm³/mol. The number of hydrogen-bond acceptors (Lipinski definition) is 1. The zero-order chi connectivity index (χ0) is 15.8. The highest BCUT2D eigenvalue weighted by molar-refractivity contribution is 6.50. The summed E-state index contributed by atoms with van der Waals surface area (Å²) >= 11 is 12.3. The summed E-state index contributed by atoms with van der Waals surface area (Å²) in [6.07, 6.45) is 2.50. The van der Waals surface area contributed by atoms with Gasteiger partial charge in [-0.2, -0.15) is 0 Å². The molecule has 116 valence electrons. The molecule has 1 fully saturated rings. The van der Waals surface area contributed by atoms with Crippen LogP contribution in [0.3, 0.4) is 0 Å². The first kappa shape index (κ1) is 16.6. The smallest absolute Gasteiger partial charge is 0.223 e. The summed E-state index contributed by atoms with van der Waals surface area (Å²) in [5.74, 6) is 0.468. The molecule has 0 bridgehead atoms. The third-order valence-corrected chi connectivity index (χ3v) is 5.41. The van der Waals surface area contributed by atoms with E-state index in [1.54, 1.807) is 0 Å². The van der Waals surface area contributed by atoms with Gasteiger partial charge in [-0.05, 0) is 42.2 Å². The Morgan fingerprint density at radius 3 is 2.52 bits per heavy atom. The second-order valence-electron chi connectivity index (χ2n) is 6.92. The summed E-state index contributed by atoms with van der Waals surface area (Å²) in [7, 11) is 0. The summed E-state index contributed by atoms with van der Waals surface area (Å²) in [5, 5.41) is 0. The molecule has 2 rings (SSSR count). The molecule has 0 aliphatic heterocycles. The molecule has 0 aromatic heterocycles. The van der Waals surface area contributed by atoms with E-state index in [0.29, 0.717) is 18.3 Å². The maximum atomic E-state index is 11.6. The van der Waals surface area contributed by atoms with E-state index in [4.69, 9.17) is 28.9 Å². The molecule has 0 radical (unpaired) electrons. The van der Waals surface area contributed by atoms with Crippen molar-refractivity contribution in [2.75, 3.05) is 0 Å². The van der Waals surface area contributed by atoms with E-state index in [9.17, 15) is 4.79 Å². The molecule has 0 heterocycles. The highest BCUT2D eigenvalue weighted by atomic mass is 35.5. The van der Waals surface area contributed by atoms with E-state index in [0.717, 1.165) is 12.8 Å². The van der Waals surface area contributed by atoms with Gasteiger partial charge in [-0.3, -0.25) is 4.79 Å². The van der Waals surface area contributed by atoms with Gasteiger partial charge in [0.25, 0.3) is 0 Å². The van der Waals surface area contributed by atoms with Crippen LogP contribution in [0.1, 0.15) is 50.7 Å². The fourth-order valence-electron chi connectivity index (χ4n) is 2.82. The number of amides is 1. The molecule has 2 unspecified atom stereocenters. The van der Waals surface area contributed by atoms with Crippen molar-refractivity contribution in [1.29, 1.82) is 0 Å². The van der Waals surface area contributed by atoms with Gasteiger partial charge < -0.3 is 5.73 Å². The zero-order valence-electron chi connectivity index (χ0n) is 12.8. The number of carbonyl (C=O) groups excluding carboxylic acids is 1. The summed E-state index contributed by atoms with van der Waals surface area (Å²) in [4.78, 5) is 11.6. The van der Waals surface area contributed by atoms with E-state index in [1.165, 1.54) is 11.1 Å². The molecule has 2 nitrogen and oxygen atoms in total. The first-order valence-corrected chi connectivity index (χ1v) is 8.14. The van der Waals surface area contributed by atoms with Crippen LogP contribution in [0.5, 0.6) is 0 Å². The molecule has 1 aliphatic rings. The van der Waals surface area contributed by atoms with Gasteiger partial charge in [0.2, 0.25) is 5.91 Å². The van der Waals surface area contributed by atoms with Gasteiger partial charge in [0.1, 0.15) is 4.33 Å². The van der Waals surface area contributed by atoms with Gasteiger partial charge in [-0.1, -0.05) is 45.0 Å². The minimum absolute atomic E-state index is 0.271. The van der Waals surface area contributed by atoms with Crippen LogP contribution in [0.2, 0.25) is 0 Å². The number of hydrogen-bond donors (Lipinski definition) is 1. The number of nitrogens with two attached hydrogens (primary N) is 1. The van der Waals surface area contributed by atoms with Crippen molar-refractivity contribution in [3.63, 3.8) is 0 Å². The Hall–Kier alpha value is -0.730. The van der Waals surface area contributed by atoms with Gasteiger partial charge in [-0.25, -0.2) is 0 Å². The van der Waals surface area contributed by atoms with E-state index in [-0.39, 0.29) is 5.91 Å². The number of halogens is 2. The van der Waals surface area contributed by atoms with Crippen molar-refractivity contribution in [1.82, 2.24) is 0 Å². The number of benzene rings is 1. The Morgan fingerprint density at radius 1 is 1.43 bits per heavy atom. The van der Waals surface area contributed by atoms with E-state index in [2.05, 4.69) is 19.1 Å². The third kappa shape index (κ3) is 3.92. The Kier molecular flexibility index (Phi) is 4.60. The van der Waals surface area contributed by atoms with Crippen molar-refractivity contribution >= 4 is 29.1 Å². The molecule has 0 saturated heterocycles. The second-order valence-corrected chi connectivity index (χ2v) is 8.46. The maximum absolute atomic E-state index is 11.6. The van der Waals surface area contributed by atoms with Gasteiger partial charge in [-0.15, -0.1) is 23.2 Å². The summed E-state index contributed by atoms with van der Waals surface area (Å²) in [5.41, 5.74) is 7.40. The van der Waals surface area contributed by atoms with E-state index < -0.39 is 9.75 Å². The Balaban J connectivity index is 2.15. The minimum Gasteiger partial charge on any atom is -0.369 e. The lowest BCUT2D eigenvalue weighted by molar-refractivity contribution is -0.125. The van der Waals surface area contributed by atoms with Gasteiger partial charge in [0, 0.05) is 5.41 Å². The first-order chi connectivity index (χ1) is 9.63. The molecule has 0 spiro atoms. The molecule has 21 heavy (non-hydrogen) atoms. The number of rotatable bonds is 6. The highest BCUT2D eigenvalue weighted by Gasteiger charge is 2.51. The van der Waals surface area contributed by atoms with Crippen molar-refractivity contribution in [2.24, 2.45) is 17.1 Å². The fourth-order valence-corrected chi connectivity index (χ4v) is 3.37. The van der Waals surface area contributed by atoms with Crippen LogP contribution in [-0.2, 0) is 11.2 Å². The monoisotopic (exact) mass is 327 g/mol. The van der Waals surface area contributed by atoms with Crippen molar-refractivity contribution in [2.45, 2.75) is 50.3 Å². The maximum Gasteiger partial charge on any atom is 0.223 e. The molecule has 4 heteroatoms. The highest BCUT2D eigenvalue weighted by Crippen LogP contribution is 2.56. The molecular formula is C17H23Cl2NO. The Bertz CT molecular complexity index is 539. The molecule has 1 aliphatic carbocycles. The topological polar surface area (TPSA) is 43.1 Å². The standard InChI is InChI=1S/C17H23Cl2NO/c1-11(8-13-10-17(13,18)19)14-7-5-4-6-12(14)9-16(2,3)15(20)21/h4-7,11,13H,8-10H2,1-3H3,(H2,20,21). The summed E-state index contributed by atoms with van der Waals surface area (Å²) < 4.78 is -0.532. The quantitative estimate of drug-likeness (QED) is 0.772. The summed E-state index contributed by atoms with van der Waals surface area (Å²) in [6.45, 7) is 5.97. The Labute approximate surface area is 137 Å². The minimum atomic E-state index is -0.544. The van der Waals surface area contributed by atoms with E-state index in [1.807, 2.05) is 26.0 Å². The Morgan fingerprint density at radius 2 is 2.00 bits per heavy atom. The number of primary amides is 1. The zero-order valence-corrected chi connectivity index (χ0v) is 14.3. The van der Waals surface area contributed by atoms with Gasteiger partial charge in [0.05, 0.1) is 0 Å². The molecule has 1 aromatic carbocycles. The number of alkyl halides is 2. The lowest BCUT2D eigenvalue weighted by atomic mass is 9.81. The molecule has 2 N–H and O–H groups in total. The number of carbonyl (C=O) groups is 1. The molecule has 1 amide bonds. The van der Waals surface area contributed by atoms with Crippen LogP contribution in [0, 0.1) is 11.3 Å². The van der Waals surface area contributed by atoms with Crippen LogP contribution in [0.25, 0.3) is 0 Å². The van der Waals surface area contributed by atoms with E-state index >= 15 is 0 Å². The lowest BCUT2D eigenvalue weighted by Crippen LogP contribution is -2.33. The molecule has 2 atom stereocenters. The van der Waals surface area contributed by atoms with Crippen molar-refractivity contribution in [3.8, 4) is 0 Å². The molecule has 1 aromatic rings. The van der Waals surface area contributed by atoms with Crippen LogP contribution < -0.4 is 5.73 Å². The average molecular weight is 328 g/mol. The second kappa shape index (κ2) is 5.81. The largest absolute Gasteiger partial charge is 0.369 e. The lowest BCUT2D eigenvalue weighted by Gasteiger charge is -2.24.